The second kappa shape index (κ2) is 5.76. The highest BCUT2D eigenvalue weighted by molar-refractivity contribution is 14.1. The quantitative estimate of drug-likeness (QED) is 0.548. The van der Waals surface area contributed by atoms with Gasteiger partial charge in [0, 0.05) is 23.5 Å². The molecule has 2 aromatic heterocycles. The second-order valence-electron chi connectivity index (χ2n) is 4.46. The van der Waals surface area contributed by atoms with Gasteiger partial charge < -0.3 is 0 Å². The van der Waals surface area contributed by atoms with Gasteiger partial charge in [0.2, 0.25) is 0 Å². The summed E-state index contributed by atoms with van der Waals surface area (Å²) >= 11 is 3.67. The summed E-state index contributed by atoms with van der Waals surface area (Å²) in [5.74, 6) is -1.72. The minimum Gasteiger partial charge on any atom is -0.264 e. The average Bonchev–Trinajstić information content (AvgIpc) is 2.84. The van der Waals surface area contributed by atoms with Crippen molar-refractivity contribution >= 4 is 33.9 Å². The molecule has 0 radical (unpaired) electrons. The number of halogens is 3. The minimum atomic E-state index is -0.865. The Morgan fingerprint density at radius 3 is 2.67 bits per heavy atom. The fraction of sp³-hybridized carbons (Fsp3) is 0.0667. The molecule has 0 fully saturated rings. The Morgan fingerprint density at radius 2 is 1.95 bits per heavy atom. The summed E-state index contributed by atoms with van der Waals surface area (Å²) in [6.45, 7) is 1.99. The van der Waals surface area contributed by atoms with Crippen molar-refractivity contribution in [2.45, 2.75) is 6.92 Å². The van der Waals surface area contributed by atoms with E-state index in [4.69, 9.17) is 0 Å². The summed E-state index contributed by atoms with van der Waals surface area (Å²) in [7, 11) is 0. The molecular weight excluding hydrogens is 405 g/mol. The molecule has 0 bridgehead atoms. The Labute approximate surface area is 138 Å². The van der Waals surface area contributed by atoms with Crippen LogP contribution in [0.3, 0.4) is 0 Å². The Bertz CT molecular complexity index is 817. The third kappa shape index (κ3) is 2.82. The molecule has 0 aliphatic heterocycles. The van der Waals surface area contributed by atoms with Gasteiger partial charge in [-0.1, -0.05) is 0 Å². The Morgan fingerprint density at radius 1 is 1.14 bits per heavy atom. The smallest absolute Gasteiger partial charge is 0.159 e. The number of thiazole rings is 1. The zero-order valence-corrected chi connectivity index (χ0v) is 13.9. The number of aryl methyl sites for hydroxylation is 1. The number of aromatic nitrogens is 2. The molecule has 2 heterocycles. The van der Waals surface area contributed by atoms with Crippen molar-refractivity contribution in [3.63, 3.8) is 0 Å². The zero-order chi connectivity index (χ0) is 15.0. The molecule has 0 atom stereocenters. The predicted octanol–water partition coefficient (Wildman–Crippen LogP) is 5.06. The molecule has 3 aromatic rings. The fourth-order valence-corrected chi connectivity index (χ4v) is 3.87. The normalized spacial score (nSPS) is 10.9. The lowest BCUT2D eigenvalue weighted by atomic mass is 10.1. The molecule has 0 saturated carbocycles. The minimum absolute atomic E-state index is 0.572. The van der Waals surface area contributed by atoms with E-state index < -0.39 is 11.6 Å². The van der Waals surface area contributed by atoms with Crippen molar-refractivity contribution in [3.8, 4) is 21.8 Å². The average molecular weight is 414 g/mol. The monoisotopic (exact) mass is 414 g/mol. The summed E-state index contributed by atoms with van der Waals surface area (Å²) in [5, 5.41) is 0.824. The van der Waals surface area contributed by atoms with Crippen molar-refractivity contribution in [1.82, 2.24) is 9.97 Å². The second-order valence-corrected chi connectivity index (χ2v) is 7.27. The standard InChI is InChI=1S/C15H9F2IN2S/c1-8-4-5-19-7-10(8)15-20-13(14(18)21-15)9-2-3-11(16)12(17)6-9/h2-7H,1H3. The third-order valence-electron chi connectivity index (χ3n) is 3.05. The maximum absolute atomic E-state index is 13.4. The Hall–Kier alpha value is -1.41. The van der Waals surface area contributed by atoms with Gasteiger partial charge in [0.05, 0.1) is 8.58 Å². The number of nitrogens with zero attached hydrogens (tertiary/aromatic N) is 2. The van der Waals surface area contributed by atoms with Crippen LogP contribution in [0.25, 0.3) is 21.8 Å². The van der Waals surface area contributed by atoms with Gasteiger partial charge in [-0.3, -0.25) is 4.98 Å². The zero-order valence-electron chi connectivity index (χ0n) is 10.9. The lowest BCUT2D eigenvalue weighted by molar-refractivity contribution is 0.509. The van der Waals surface area contributed by atoms with Gasteiger partial charge in [0.25, 0.3) is 0 Å². The summed E-state index contributed by atoms with van der Waals surface area (Å²) in [4.78, 5) is 8.68. The molecule has 106 valence electrons. The molecule has 0 N–H and O–H groups in total. The highest BCUT2D eigenvalue weighted by atomic mass is 127. The van der Waals surface area contributed by atoms with Gasteiger partial charge in [-0.25, -0.2) is 13.8 Å². The summed E-state index contributed by atoms with van der Waals surface area (Å²) in [5.41, 5.74) is 3.27. The largest absolute Gasteiger partial charge is 0.264 e. The number of hydrogen-bond donors (Lipinski definition) is 0. The molecule has 0 saturated heterocycles. The van der Waals surface area contributed by atoms with E-state index in [0.717, 1.165) is 25.1 Å². The van der Waals surface area contributed by atoms with E-state index in [0.29, 0.717) is 11.3 Å². The molecule has 0 unspecified atom stereocenters. The molecular formula is C15H9F2IN2S. The van der Waals surface area contributed by atoms with Gasteiger partial charge in [-0.15, -0.1) is 11.3 Å². The predicted molar refractivity (Wildman–Crippen MR) is 88.2 cm³/mol. The van der Waals surface area contributed by atoms with Crippen LogP contribution in [0.5, 0.6) is 0 Å². The van der Waals surface area contributed by atoms with Gasteiger partial charge in [0.15, 0.2) is 11.6 Å². The Balaban J connectivity index is 2.10. The number of pyridine rings is 1. The van der Waals surface area contributed by atoms with Crippen LogP contribution in [-0.2, 0) is 0 Å². The Kier molecular flexibility index (Phi) is 3.99. The molecule has 3 rings (SSSR count). The number of hydrogen-bond acceptors (Lipinski definition) is 3. The third-order valence-corrected chi connectivity index (χ3v) is 5.10. The van der Waals surface area contributed by atoms with Crippen molar-refractivity contribution < 1.29 is 8.78 Å². The lowest BCUT2D eigenvalue weighted by Crippen LogP contribution is -1.88. The van der Waals surface area contributed by atoms with Crippen LogP contribution < -0.4 is 0 Å². The van der Waals surface area contributed by atoms with Crippen molar-refractivity contribution in [3.05, 3.63) is 56.7 Å². The molecule has 1 aromatic carbocycles. The summed E-state index contributed by atoms with van der Waals surface area (Å²) in [6.07, 6.45) is 3.49. The molecule has 6 heteroatoms. The SMILES string of the molecule is Cc1ccncc1-c1nc(-c2ccc(F)c(F)c2)c(I)s1. The van der Waals surface area contributed by atoms with Crippen molar-refractivity contribution in [2.75, 3.05) is 0 Å². The van der Waals surface area contributed by atoms with E-state index in [2.05, 4.69) is 32.6 Å². The van der Waals surface area contributed by atoms with E-state index in [9.17, 15) is 8.78 Å². The van der Waals surface area contributed by atoms with E-state index >= 15 is 0 Å². The van der Waals surface area contributed by atoms with Gasteiger partial charge >= 0.3 is 0 Å². The van der Waals surface area contributed by atoms with Crippen molar-refractivity contribution in [1.29, 1.82) is 0 Å². The maximum atomic E-state index is 13.4. The number of benzene rings is 1. The van der Waals surface area contributed by atoms with Crippen LogP contribution in [0.4, 0.5) is 8.78 Å². The van der Waals surface area contributed by atoms with Crippen LogP contribution >= 0.6 is 33.9 Å². The molecule has 0 aliphatic carbocycles. The van der Waals surface area contributed by atoms with Gasteiger partial charge in [-0.05, 0) is 59.3 Å². The summed E-state index contributed by atoms with van der Waals surface area (Å²) < 4.78 is 27.3. The first-order valence-corrected chi connectivity index (χ1v) is 7.98. The molecule has 2 nitrogen and oxygen atoms in total. The molecule has 0 amide bonds. The molecule has 0 spiro atoms. The number of rotatable bonds is 2. The lowest BCUT2D eigenvalue weighted by Gasteiger charge is -2.00. The molecule has 0 aliphatic rings. The summed E-state index contributed by atoms with van der Waals surface area (Å²) in [6, 6.07) is 5.75. The van der Waals surface area contributed by atoms with Crippen molar-refractivity contribution in [2.24, 2.45) is 0 Å². The van der Waals surface area contributed by atoms with Crippen LogP contribution in [0.15, 0.2) is 36.7 Å². The van der Waals surface area contributed by atoms with E-state index in [1.807, 2.05) is 13.0 Å². The van der Waals surface area contributed by atoms with E-state index in [-0.39, 0.29) is 0 Å². The fourth-order valence-electron chi connectivity index (χ4n) is 1.93. The first-order valence-electron chi connectivity index (χ1n) is 6.09. The molecule has 21 heavy (non-hydrogen) atoms. The maximum Gasteiger partial charge on any atom is 0.159 e. The van der Waals surface area contributed by atoms with Gasteiger partial charge in [0.1, 0.15) is 5.01 Å². The van der Waals surface area contributed by atoms with Crippen LogP contribution in [0.1, 0.15) is 5.56 Å². The van der Waals surface area contributed by atoms with E-state index in [1.165, 1.54) is 23.5 Å². The van der Waals surface area contributed by atoms with Crippen LogP contribution in [0, 0.1) is 21.4 Å². The van der Waals surface area contributed by atoms with Crippen LogP contribution in [-0.4, -0.2) is 9.97 Å². The highest BCUT2D eigenvalue weighted by Gasteiger charge is 2.15. The van der Waals surface area contributed by atoms with E-state index in [1.54, 1.807) is 12.4 Å². The van der Waals surface area contributed by atoms with Crippen LogP contribution in [0.2, 0.25) is 0 Å². The first kappa shape index (κ1) is 14.5. The first-order chi connectivity index (χ1) is 10.1. The highest BCUT2D eigenvalue weighted by Crippen LogP contribution is 2.35. The topological polar surface area (TPSA) is 25.8 Å². The van der Waals surface area contributed by atoms with Gasteiger partial charge in [-0.2, -0.15) is 0 Å².